The molecule has 1 N–H and O–H groups in total. The number of anilines is 3. The van der Waals surface area contributed by atoms with E-state index in [2.05, 4.69) is 15.2 Å². The molecule has 2 aromatic heterocycles. The van der Waals surface area contributed by atoms with Gasteiger partial charge >= 0.3 is 0 Å². The lowest BCUT2D eigenvalue weighted by Crippen LogP contribution is -2.30. The quantitative estimate of drug-likeness (QED) is 0.558. The highest BCUT2D eigenvalue weighted by molar-refractivity contribution is 6.33. The standard InChI is InChI=1S/C24H27ClN4O3/c1-3-18(30)15-32-22-12-16-11-17(7-8-21(16)28(2)24(22)31)27-20-13-23(26-14-19(20)25)29-9-5-4-6-10-29/h7-8,11-14H,3-6,9-10,15H2,1-2H3,(H,26,27). The summed E-state index contributed by atoms with van der Waals surface area (Å²) in [5, 5.41) is 4.73. The molecule has 4 rings (SSSR count). The van der Waals surface area contributed by atoms with Crippen molar-refractivity contribution in [2.24, 2.45) is 7.05 Å². The smallest absolute Gasteiger partial charge is 0.293 e. The van der Waals surface area contributed by atoms with Crippen molar-refractivity contribution in [1.82, 2.24) is 9.55 Å². The molecule has 0 aliphatic carbocycles. The van der Waals surface area contributed by atoms with E-state index in [1.807, 2.05) is 24.3 Å². The first-order chi connectivity index (χ1) is 15.5. The fraction of sp³-hybridized carbons (Fsp3) is 0.375. The number of carbonyl (C=O) groups is 1. The zero-order valence-electron chi connectivity index (χ0n) is 18.4. The van der Waals surface area contributed by atoms with Crippen molar-refractivity contribution in [2.45, 2.75) is 32.6 Å². The second kappa shape index (κ2) is 9.61. The molecule has 0 saturated carbocycles. The lowest BCUT2D eigenvalue weighted by atomic mass is 10.1. The Morgan fingerprint density at radius 3 is 2.72 bits per heavy atom. The number of hydrogen-bond donors (Lipinski definition) is 1. The molecule has 0 amide bonds. The Balaban J connectivity index is 1.63. The monoisotopic (exact) mass is 454 g/mol. The molecule has 8 heteroatoms. The van der Waals surface area contributed by atoms with Crippen molar-refractivity contribution in [3.05, 3.63) is 51.9 Å². The van der Waals surface area contributed by atoms with Gasteiger partial charge in [-0.3, -0.25) is 9.59 Å². The molecule has 1 aliphatic rings. The highest BCUT2D eigenvalue weighted by atomic mass is 35.5. The van der Waals surface area contributed by atoms with Gasteiger partial charge in [-0.05, 0) is 43.5 Å². The van der Waals surface area contributed by atoms with Gasteiger partial charge in [-0.15, -0.1) is 0 Å². The molecule has 0 atom stereocenters. The Morgan fingerprint density at radius 2 is 1.97 bits per heavy atom. The molecule has 1 fully saturated rings. The second-order valence-electron chi connectivity index (χ2n) is 8.02. The molecule has 0 unspecified atom stereocenters. The number of carbonyl (C=O) groups excluding carboxylic acids is 1. The summed E-state index contributed by atoms with van der Waals surface area (Å²) in [7, 11) is 1.69. The third-order valence-electron chi connectivity index (χ3n) is 5.77. The summed E-state index contributed by atoms with van der Waals surface area (Å²) in [5.74, 6) is 1.02. The first-order valence-corrected chi connectivity index (χ1v) is 11.3. The summed E-state index contributed by atoms with van der Waals surface area (Å²) in [4.78, 5) is 31.0. The number of rotatable bonds is 7. The average molecular weight is 455 g/mol. The van der Waals surface area contributed by atoms with Gasteiger partial charge in [-0.1, -0.05) is 18.5 Å². The van der Waals surface area contributed by atoms with E-state index in [0.29, 0.717) is 11.4 Å². The fourth-order valence-electron chi connectivity index (χ4n) is 3.87. The number of aryl methyl sites for hydroxylation is 1. The van der Waals surface area contributed by atoms with Crippen LogP contribution in [0.2, 0.25) is 5.02 Å². The van der Waals surface area contributed by atoms with Gasteiger partial charge in [0.2, 0.25) is 0 Å². The van der Waals surface area contributed by atoms with Crippen LogP contribution in [0.25, 0.3) is 10.9 Å². The summed E-state index contributed by atoms with van der Waals surface area (Å²) in [6, 6.07) is 9.37. The van der Waals surface area contributed by atoms with Crippen molar-refractivity contribution < 1.29 is 9.53 Å². The molecule has 0 radical (unpaired) electrons. The zero-order chi connectivity index (χ0) is 22.7. The maximum Gasteiger partial charge on any atom is 0.293 e. The number of ether oxygens (including phenoxy) is 1. The Labute approximate surface area is 192 Å². The van der Waals surface area contributed by atoms with Gasteiger partial charge in [0.15, 0.2) is 11.5 Å². The van der Waals surface area contributed by atoms with Gasteiger partial charge in [-0.25, -0.2) is 4.98 Å². The van der Waals surface area contributed by atoms with E-state index in [4.69, 9.17) is 16.3 Å². The van der Waals surface area contributed by atoms with E-state index in [1.54, 1.807) is 26.2 Å². The minimum atomic E-state index is -0.273. The van der Waals surface area contributed by atoms with Crippen LogP contribution in [0, 0.1) is 0 Å². The number of halogens is 1. The molecule has 32 heavy (non-hydrogen) atoms. The van der Waals surface area contributed by atoms with Crippen LogP contribution < -0.4 is 20.5 Å². The Hall–Kier alpha value is -3.06. The lowest BCUT2D eigenvalue weighted by Gasteiger charge is -2.28. The van der Waals surface area contributed by atoms with Crippen LogP contribution in [-0.2, 0) is 11.8 Å². The molecule has 168 valence electrons. The third-order valence-corrected chi connectivity index (χ3v) is 6.08. The number of pyridine rings is 2. The van der Waals surface area contributed by atoms with Crippen molar-refractivity contribution in [1.29, 1.82) is 0 Å². The summed E-state index contributed by atoms with van der Waals surface area (Å²) in [6.07, 6.45) is 5.64. The Morgan fingerprint density at radius 1 is 1.19 bits per heavy atom. The third kappa shape index (κ3) is 4.72. The van der Waals surface area contributed by atoms with Crippen molar-refractivity contribution in [2.75, 3.05) is 29.9 Å². The molecule has 0 spiro atoms. The van der Waals surface area contributed by atoms with Crippen molar-refractivity contribution in [3.8, 4) is 5.75 Å². The largest absolute Gasteiger partial charge is 0.480 e. The molecule has 1 aromatic carbocycles. The van der Waals surface area contributed by atoms with Crippen LogP contribution in [-0.4, -0.2) is 35.0 Å². The van der Waals surface area contributed by atoms with Crippen molar-refractivity contribution >= 4 is 45.5 Å². The molecular formula is C24H27ClN4O3. The van der Waals surface area contributed by atoms with Crippen LogP contribution >= 0.6 is 11.6 Å². The molecule has 3 aromatic rings. The van der Waals surface area contributed by atoms with Gasteiger partial charge in [0.25, 0.3) is 5.56 Å². The summed E-state index contributed by atoms with van der Waals surface area (Å²) in [5.41, 5.74) is 2.09. The minimum absolute atomic E-state index is 0.0561. The predicted molar refractivity (Wildman–Crippen MR) is 129 cm³/mol. The highest BCUT2D eigenvalue weighted by Gasteiger charge is 2.15. The average Bonchev–Trinajstić information content (AvgIpc) is 2.82. The topological polar surface area (TPSA) is 76.5 Å². The summed E-state index contributed by atoms with van der Waals surface area (Å²) >= 11 is 6.42. The Bertz CT molecular complexity index is 1200. The first-order valence-electron chi connectivity index (χ1n) is 10.9. The van der Waals surface area contributed by atoms with Crippen LogP contribution in [0.4, 0.5) is 17.2 Å². The van der Waals surface area contributed by atoms with Gasteiger partial charge in [-0.2, -0.15) is 0 Å². The van der Waals surface area contributed by atoms with Crippen LogP contribution in [0.1, 0.15) is 32.6 Å². The molecular weight excluding hydrogens is 428 g/mol. The molecule has 0 bridgehead atoms. The van der Waals surface area contributed by atoms with E-state index >= 15 is 0 Å². The fourth-order valence-corrected chi connectivity index (χ4v) is 4.02. The second-order valence-corrected chi connectivity index (χ2v) is 8.43. The van der Waals surface area contributed by atoms with Gasteiger partial charge < -0.3 is 19.5 Å². The number of piperidine rings is 1. The van der Waals surface area contributed by atoms with E-state index < -0.39 is 0 Å². The van der Waals surface area contributed by atoms with E-state index in [-0.39, 0.29) is 23.7 Å². The number of Topliss-reactive ketones (excluding diaryl/α,β-unsaturated/α-hetero) is 1. The maximum absolute atomic E-state index is 12.6. The number of benzene rings is 1. The molecule has 1 saturated heterocycles. The maximum atomic E-state index is 12.6. The predicted octanol–water partition coefficient (Wildman–Crippen LogP) is 4.68. The Kier molecular flexibility index (Phi) is 6.65. The number of hydrogen-bond acceptors (Lipinski definition) is 6. The minimum Gasteiger partial charge on any atom is -0.480 e. The van der Waals surface area contributed by atoms with Crippen LogP contribution in [0.15, 0.2) is 41.3 Å². The van der Waals surface area contributed by atoms with E-state index in [1.165, 1.54) is 23.8 Å². The van der Waals surface area contributed by atoms with Gasteiger partial charge in [0.1, 0.15) is 12.4 Å². The SMILES string of the molecule is CCC(=O)COc1cc2cc(Nc3cc(N4CCCCC4)ncc3Cl)ccc2n(C)c1=O. The number of fused-ring (bicyclic) bond motifs is 1. The first kappa shape index (κ1) is 22.1. The highest BCUT2D eigenvalue weighted by Crippen LogP contribution is 2.31. The lowest BCUT2D eigenvalue weighted by molar-refractivity contribution is -0.120. The molecule has 3 heterocycles. The van der Waals surface area contributed by atoms with Crippen LogP contribution in [0.5, 0.6) is 5.75 Å². The molecule has 7 nitrogen and oxygen atoms in total. The summed E-state index contributed by atoms with van der Waals surface area (Å²) in [6.45, 7) is 3.66. The zero-order valence-corrected chi connectivity index (χ0v) is 19.1. The normalized spacial score (nSPS) is 13.9. The number of nitrogens with one attached hydrogen (secondary N) is 1. The molecule has 1 aliphatic heterocycles. The van der Waals surface area contributed by atoms with E-state index in [0.717, 1.165) is 41.2 Å². The number of ketones is 1. The van der Waals surface area contributed by atoms with Gasteiger partial charge in [0, 0.05) is 43.7 Å². The number of aromatic nitrogens is 2. The van der Waals surface area contributed by atoms with Crippen LogP contribution in [0.3, 0.4) is 0 Å². The van der Waals surface area contributed by atoms with Gasteiger partial charge in [0.05, 0.1) is 22.4 Å². The number of nitrogens with zero attached hydrogens (tertiary/aromatic N) is 3. The van der Waals surface area contributed by atoms with Crippen molar-refractivity contribution in [3.63, 3.8) is 0 Å². The van der Waals surface area contributed by atoms with E-state index in [9.17, 15) is 9.59 Å². The summed E-state index contributed by atoms with van der Waals surface area (Å²) < 4.78 is 7.03.